The molecule has 1 atom stereocenters. The predicted molar refractivity (Wildman–Crippen MR) is 116 cm³/mol. The average Bonchev–Trinajstić information content (AvgIpc) is 3.40. The number of aliphatic hydroxyl groups is 1. The second kappa shape index (κ2) is 10.3. The van der Waals surface area contributed by atoms with Crippen LogP contribution >= 0.6 is 11.3 Å². The van der Waals surface area contributed by atoms with Gasteiger partial charge in [-0.25, -0.2) is 13.4 Å². The molecule has 3 rings (SSSR count). The van der Waals surface area contributed by atoms with Crippen molar-refractivity contribution in [3.8, 4) is 0 Å². The average molecular weight is 469 g/mol. The van der Waals surface area contributed by atoms with E-state index in [1.165, 1.54) is 42.6 Å². The molecular weight excluding hydrogens is 444 g/mol. The zero-order valence-corrected chi connectivity index (χ0v) is 18.8. The lowest BCUT2D eigenvalue weighted by molar-refractivity contribution is -0.110. The Morgan fingerprint density at radius 1 is 1.42 bits per heavy atom. The smallest absolute Gasteiger partial charge is 0.280 e. The molecule has 10 nitrogen and oxygen atoms in total. The highest BCUT2D eigenvalue weighted by Crippen LogP contribution is 2.19. The van der Waals surface area contributed by atoms with Crippen LogP contribution in [-0.4, -0.2) is 73.9 Å². The highest BCUT2D eigenvalue weighted by Gasteiger charge is 2.23. The van der Waals surface area contributed by atoms with Crippen LogP contribution in [0.25, 0.3) is 0 Å². The van der Waals surface area contributed by atoms with E-state index in [-0.39, 0.29) is 29.9 Å². The maximum Gasteiger partial charge on any atom is 0.280 e. The number of aromatic nitrogens is 1. The van der Waals surface area contributed by atoms with Crippen LogP contribution in [-0.2, 0) is 24.4 Å². The normalized spacial score (nSPS) is 17.2. The van der Waals surface area contributed by atoms with Crippen LogP contribution in [0.15, 0.2) is 40.5 Å². The van der Waals surface area contributed by atoms with Gasteiger partial charge < -0.3 is 14.7 Å². The summed E-state index contributed by atoms with van der Waals surface area (Å²) >= 11 is 1.32. The molecule has 0 radical (unpaired) electrons. The number of nitrogens with zero attached hydrogens (tertiary/aromatic N) is 3. The first kappa shape index (κ1) is 23.3. The second-order valence-electron chi connectivity index (χ2n) is 6.84. The maximum absolute atomic E-state index is 12.9. The molecule has 1 fully saturated rings. The summed E-state index contributed by atoms with van der Waals surface area (Å²) in [6.45, 7) is 2.51. The first-order chi connectivity index (χ1) is 14.8. The summed E-state index contributed by atoms with van der Waals surface area (Å²) in [5, 5.41) is 16.2. The third-order valence-electron chi connectivity index (χ3n) is 4.49. The number of hydrogen-bond acceptors (Lipinski definition) is 9. The number of aryl methyl sites for hydroxylation is 1. The maximum atomic E-state index is 12.9. The van der Waals surface area contributed by atoms with Gasteiger partial charge in [0.05, 0.1) is 24.7 Å². The van der Waals surface area contributed by atoms with Crippen LogP contribution in [0.3, 0.4) is 0 Å². The van der Waals surface area contributed by atoms with Crippen molar-refractivity contribution in [2.45, 2.75) is 24.3 Å². The number of nitrogens with one attached hydrogen (secondary N) is 1. The highest BCUT2D eigenvalue weighted by atomic mass is 32.2. The first-order valence-corrected chi connectivity index (χ1v) is 11.8. The number of likely N-dealkylation sites (N-methyl/N-ethyl adjacent to an activating group) is 1. The Bertz CT molecular complexity index is 1030. The highest BCUT2D eigenvalue weighted by molar-refractivity contribution is 7.89. The summed E-state index contributed by atoms with van der Waals surface area (Å²) in [7, 11) is -2.38. The number of rotatable bonds is 9. The Hall–Kier alpha value is -2.38. The van der Waals surface area contributed by atoms with Crippen molar-refractivity contribution in [2.75, 3.05) is 38.7 Å². The molecule has 2 aromatic rings. The molecule has 1 saturated heterocycles. The molecule has 1 amide bonds. The van der Waals surface area contributed by atoms with Crippen molar-refractivity contribution in [3.63, 3.8) is 0 Å². The minimum absolute atomic E-state index is 0.00702. The Labute approximate surface area is 184 Å². The number of oxime groups is 1. The van der Waals surface area contributed by atoms with Crippen molar-refractivity contribution >= 4 is 38.1 Å². The number of aliphatic hydroxyl groups excluding tert-OH is 1. The second-order valence-corrected chi connectivity index (χ2v) is 10.1. The summed E-state index contributed by atoms with van der Waals surface area (Å²) in [6, 6.07) is 5.74. The van der Waals surface area contributed by atoms with Gasteiger partial charge in [-0.1, -0.05) is 17.3 Å². The van der Waals surface area contributed by atoms with Crippen molar-refractivity contribution in [1.29, 1.82) is 0 Å². The monoisotopic (exact) mass is 468 g/mol. The van der Waals surface area contributed by atoms with Gasteiger partial charge in [-0.05, 0) is 19.1 Å². The number of thiazole rings is 1. The number of carbonyl (C=O) groups is 1. The van der Waals surface area contributed by atoms with Gasteiger partial charge in [0.15, 0.2) is 16.9 Å². The van der Waals surface area contributed by atoms with E-state index in [1.807, 2.05) is 6.92 Å². The van der Waals surface area contributed by atoms with Crippen molar-refractivity contribution in [2.24, 2.45) is 5.16 Å². The van der Waals surface area contributed by atoms with Gasteiger partial charge in [0.25, 0.3) is 5.91 Å². The quantitative estimate of drug-likeness (QED) is 0.418. The third kappa shape index (κ3) is 5.86. The number of ether oxygens (including phenoxy) is 1. The number of benzene rings is 1. The molecule has 2 heterocycles. The lowest BCUT2D eigenvalue weighted by Crippen LogP contribution is -2.29. The summed E-state index contributed by atoms with van der Waals surface area (Å²) in [4.78, 5) is 23.4. The molecule has 0 spiro atoms. The largest absolute Gasteiger partial charge is 0.395 e. The summed E-state index contributed by atoms with van der Waals surface area (Å²) < 4.78 is 31.4. The minimum atomic E-state index is -3.76. The zero-order chi connectivity index (χ0) is 22.4. The van der Waals surface area contributed by atoms with Crippen molar-refractivity contribution in [1.82, 2.24) is 9.29 Å². The van der Waals surface area contributed by atoms with Gasteiger partial charge in [0.1, 0.15) is 0 Å². The Balaban J connectivity index is 1.85. The summed E-state index contributed by atoms with van der Waals surface area (Å²) in [6.07, 6.45) is 2.06. The van der Waals surface area contributed by atoms with Crippen LogP contribution in [0, 0.1) is 6.92 Å². The zero-order valence-electron chi connectivity index (χ0n) is 17.1. The Morgan fingerprint density at radius 3 is 2.74 bits per heavy atom. The van der Waals surface area contributed by atoms with Gasteiger partial charge >= 0.3 is 0 Å². The van der Waals surface area contributed by atoms with E-state index in [1.54, 1.807) is 6.20 Å². The standard InChI is InChI=1S/C19H24N4O6S2/c1-13-11-20-19(30-13)21-18(25)17(22-29-15-7-10-28-12-15)14-3-5-16(6-4-14)31(26,27)23(2)8-9-24/h3-6,11,15,24H,7-10,12H2,1-2H3,(H,20,21,25)/b22-17+/t15-/m1/s1. The van der Waals surface area contributed by atoms with E-state index in [0.717, 1.165) is 9.18 Å². The van der Waals surface area contributed by atoms with Crippen LogP contribution in [0.5, 0.6) is 0 Å². The van der Waals surface area contributed by atoms with E-state index in [4.69, 9.17) is 14.7 Å². The molecule has 1 aromatic heterocycles. The number of hydrogen-bond donors (Lipinski definition) is 2. The van der Waals surface area contributed by atoms with Crippen LogP contribution in [0.4, 0.5) is 5.13 Å². The molecule has 1 aliphatic heterocycles. The van der Waals surface area contributed by atoms with Crippen molar-refractivity contribution < 1.29 is 27.9 Å². The summed E-state index contributed by atoms with van der Waals surface area (Å²) in [5.41, 5.74) is 0.376. The lowest BCUT2D eigenvalue weighted by Gasteiger charge is -2.16. The molecule has 12 heteroatoms. The van der Waals surface area contributed by atoms with Crippen molar-refractivity contribution in [3.05, 3.63) is 40.9 Å². The topological polar surface area (TPSA) is 130 Å². The predicted octanol–water partition coefficient (Wildman–Crippen LogP) is 1.21. The van der Waals surface area contributed by atoms with Crippen LogP contribution in [0.2, 0.25) is 0 Å². The first-order valence-electron chi connectivity index (χ1n) is 9.54. The minimum Gasteiger partial charge on any atom is -0.395 e. The number of carbonyl (C=O) groups excluding carboxylic acids is 1. The van der Waals surface area contributed by atoms with Gasteiger partial charge in [0.2, 0.25) is 10.0 Å². The van der Waals surface area contributed by atoms with E-state index in [2.05, 4.69) is 15.5 Å². The summed E-state index contributed by atoms with van der Waals surface area (Å²) in [5.74, 6) is -0.527. The fraction of sp³-hybridized carbons (Fsp3) is 0.421. The Kier molecular flexibility index (Phi) is 7.73. The van der Waals surface area contributed by atoms with E-state index in [0.29, 0.717) is 30.3 Å². The van der Waals surface area contributed by atoms with E-state index >= 15 is 0 Å². The molecule has 0 bridgehead atoms. The molecule has 0 saturated carbocycles. The fourth-order valence-electron chi connectivity index (χ4n) is 2.74. The molecular formula is C19H24N4O6S2. The Morgan fingerprint density at radius 2 is 2.16 bits per heavy atom. The fourth-order valence-corrected chi connectivity index (χ4v) is 4.56. The molecule has 2 N–H and O–H groups in total. The number of sulfonamides is 1. The number of anilines is 1. The SMILES string of the molecule is Cc1cnc(NC(=O)/C(=N/O[C@@H]2CCOC2)c2ccc(S(=O)(=O)N(C)CCO)cc2)s1. The van der Waals surface area contributed by atoms with Gasteiger partial charge in [-0.2, -0.15) is 4.31 Å². The third-order valence-corrected chi connectivity index (χ3v) is 7.19. The van der Waals surface area contributed by atoms with E-state index < -0.39 is 15.9 Å². The molecule has 1 aromatic carbocycles. The van der Waals surface area contributed by atoms with Gasteiger partial charge in [-0.15, -0.1) is 11.3 Å². The molecule has 168 valence electrons. The molecule has 0 aliphatic carbocycles. The number of amides is 1. The van der Waals surface area contributed by atoms with E-state index in [9.17, 15) is 13.2 Å². The molecule has 31 heavy (non-hydrogen) atoms. The van der Waals surface area contributed by atoms with Gasteiger partial charge in [0, 0.05) is 36.7 Å². The lowest BCUT2D eigenvalue weighted by atomic mass is 10.1. The molecule has 1 aliphatic rings. The van der Waals surface area contributed by atoms with Crippen LogP contribution in [0.1, 0.15) is 16.9 Å². The van der Waals surface area contributed by atoms with Crippen LogP contribution < -0.4 is 5.32 Å². The van der Waals surface area contributed by atoms with Gasteiger partial charge in [-0.3, -0.25) is 10.1 Å². The molecule has 0 unspecified atom stereocenters.